The molecule has 6 heteroatoms. The molecular formula is C17H13IN4O. The number of carbonyl (C=O) groups is 1. The molecule has 0 bridgehead atoms. The van der Waals surface area contributed by atoms with E-state index in [0.29, 0.717) is 22.5 Å². The summed E-state index contributed by atoms with van der Waals surface area (Å²) in [4.78, 5) is 15.9. The Morgan fingerprint density at radius 3 is 2.78 bits per heavy atom. The first-order chi connectivity index (χ1) is 11.1. The van der Waals surface area contributed by atoms with E-state index in [-0.39, 0.29) is 5.92 Å². The Morgan fingerprint density at radius 1 is 1.35 bits per heavy atom. The third-order valence-corrected chi connectivity index (χ3v) is 4.50. The molecule has 0 fully saturated rings. The number of halogens is 1. The fourth-order valence-electron chi connectivity index (χ4n) is 2.51. The maximum atomic E-state index is 11.4. The van der Waals surface area contributed by atoms with E-state index in [1.54, 1.807) is 29.1 Å². The maximum absolute atomic E-state index is 11.4. The van der Waals surface area contributed by atoms with Crippen LogP contribution in [0, 0.1) is 14.9 Å². The second-order valence-corrected chi connectivity index (χ2v) is 6.61. The largest absolute Gasteiger partial charge is 0.298 e. The van der Waals surface area contributed by atoms with Crippen molar-refractivity contribution in [3.8, 4) is 11.8 Å². The zero-order chi connectivity index (χ0) is 16.6. The van der Waals surface area contributed by atoms with E-state index in [4.69, 9.17) is 10.4 Å². The molecule has 2 heterocycles. The molecule has 114 valence electrons. The molecule has 0 unspecified atom stereocenters. The van der Waals surface area contributed by atoms with E-state index < -0.39 is 0 Å². The van der Waals surface area contributed by atoms with Crippen LogP contribution >= 0.6 is 22.6 Å². The number of benzene rings is 1. The standard InChI is InChI=1S/C17H13IN4O/c1-10(2)16-15-13(18)5-6-20-17(15)22(21-16)14-4-3-11(8-19)7-12(14)9-23/h3-7,9-10H,1-2H3. The normalized spacial score (nSPS) is 10.9. The zero-order valence-corrected chi connectivity index (χ0v) is 14.8. The highest BCUT2D eigenvalue weighted by molar-refractivity contribution is 14.1. The number of rotatable bonds is 3. The van der Waals surface area contributed by atoms with E-state index in [0.717, 1.165) is 20.9 Å². The van der Waals surface area contributed by atoms with Gasteiger partial charge in [0.25, 0.3) is 0 Å². The van der Waals surface area contributed by atoms with E-state index in [1.807, 2.05) is 12.1 Å². The van der Waals surface area contributed by atoms with E-state index >= 15 is 0 Å². The topological polar surface area (TPSA) is 71.6 Å². The van der Waals surface area contributed by atoms with Gasteiger partial charge in [-0.15, -0.1) is 0 Å². The van der Waals surface area contributed by atoms with Crippen molar-refractivity contribution in [2.75, 3.05) is 0 Å². The highest BCUT2D eigenvalue weighted by Crippen LogP contribution is 2.30. The van der Waals surface area contributed by atoms with Crippen LogP contribution in [0.1, 0.15) is 41.4 Å². The van der Waals surface area contributed by atoms with Gasteiger partial charge in [0.15, 0.2) is 11.9 Å². The summed E-state index contributed by atoms with van der Waals surface area (Å²) in [6.45, 7) is 4.16. The van der Waals surface area contributed by atoms with Gasteiger partial charge in [0.2, 0.25) is 0 Å². The van der Waals surface area contributed by atoms with Crippen molar-refractivity contribution < 1.29 is 4.79 Å². The Labute approximate surface area is 147 Å². The van der Waals surface area contributed by atoms with Gasteiger partial charge < -0.3 is 0 Å². The van der Waals surface area contributed by atoms with Gasteiger partial charge in [0.05, 0.1) is 28.4 Å². The molecule has 0 radical (unpaired) electrons. The van der Waals surface area contributed by atoms with Crippen LogP contribution in [0.4, 0.5) is 0 Å². The highest BCUT2D eigenvalue weighted by Gasteiger charge is 2.19. The SMILES string of the molecule is CC(C)c1nn(-c2ccc(C#N)cc2C=O)c2nccc(I)c12. The van der Waals surface area contributed by atoms with Crippen LogP contribution in [0.2, 0.25) is 0 Å². The maximum Gasteiger partial charge on any atom is 0.164 e. The predicted molar refractivity (Wildman–Crippen MR) is 95.8 cm³/mol. The fraction of sp³-hybridized carbons (Fsp3) is 0.176. The van der Waals surface area contributed by atoms with Crippen molar-refractivity contribution in [1.82, 2.24) is 14.8 Å². The smallest absolute Gasteiger partial charge is 0.164 e. The van der Waals surface area contributed by atoms with E-state index in [2.05, 4.69) is 41.4 Å². The Hall–Kier alpha value is -2.27. The van der Waals surface area contributed by atoms with Gasteiger partial charge in [-0.05, 0) is 52.8 Å². The number of hydrogen-bond donors (Lipinski definition) is 0. The molecule has 1 aromatic carbocycles. The number of hydrogen-bond acceptors (Lipinski definition) is 4. The van der Waals surface area contributed by atoms with Crippen molar-refractivity contribution in [3.05, 3.63) is 50.9 Å². The van der Waals surface area contributed by atoms with Crippen molar-refractivity contribution >= 4 is 39.9 Å². The molecule has 0 aliphatic carbocycles. The molecule has 5 nitrogen and oxygen atoms in total. The summed E-state index contributed by atoms with van der Waals surface area (Å²) >= 11 is 2.27. The second kappa shape index (κ2) is 6.08. The van der Waals surface area contributed by atoms with Gasteiger partial charge in [-0.25, -0.2) is 9.67 Å². The van der Waals surface area contributed by atoms with Crippen molar-refractivity contribution in [2.24, 2.45) is 0 Å². The van der Waals surface area contributed by atoms with Crippen molar-refractivity contribution in [1.29, 1.82) is 5.26 Å². The Kier molecular flexibility index (Phi) is 4.13. The third kappa shape index (κ3) is 2.61. The number of carbonyl (C=O) groups excluding carboxylic acids is 1. The molecule has 2 aromatic heterocycles. The second-order valence-electron chi connectivity index (χ2n) is 5.45. The fourth-order valence-corrected chi connectivity index (χ4v) is 3.19. The first-order valence-corrected chi connectivity index (χ1v) is 8.17. The van der Waals surface area contributed by atoms with Gasteiger partial charge in [0.1, 0.15) is 0 Å². The van der Waals surface area contributed by atoms with Crippen LogP contribution < -0.4 is 0 Å². The minimum absolute atomic E-state index is 0.231. The van der Waals surface area contributed by atoms with Crippen LogP contribution in [0.25, 0.3) is 16.7 Å². The first-order valence-electron chi connectivity index (χ1n) is 7.09. The monoisotopic (exact) mass is 416 g/mol. The van der Waals surface area contributed by atoms with Crippen LogP contribution in [-0.4, -0.2) is 21.1 Å². The quantitative estimate of drug-likeness (QED) is 0.481. The molecular weight excluding hydrogens is 403 g/mol. The lowest BCUT2D eigenvalue weighted by atomic mass is 10.1. The molecule has 0 saturated heterocycles. The van der Waals surface area contributed by atoms with Crippen LogP contribution in [0.3, 0.4) is 0 Å². The number of aldehydes is 1. The molecule has 0 aliphatic rings. The lowest BCUT2D eigenvalue weighted by molar-refractivity contribution is 0.112. The van der Waals surface area contributed by atoms with Gasteiger partial charge in [-0.2, -0.15) is 10.4 Å². The number of aromatic nitrogens is 3. The molecule has 3 aromatic rings. The lowest BCUT2D eigenvalue weighted by Crippen LogP contribution is -2.03. The first kappa shape index (κ1) is 15.6. The number of nitriles is 1. The summed E-state index contributed by atoms with van der Waals surface area (Å²) in [5.74, 6) is 0.231. The van der Waals surface area contributed by atoms with Gasteiger partial charge in [-0.3, -0.25) is 4.79 Å². The van der Waals surface area contributed by atoms with Crippen molar-refractivity contribution in [3.63, 3.8) is 0 Å². The number of pyridine rings is 1. The molecule has 0 amide bonds. The Bertz CT molecular complexity index is 953. The third-order valence-electron chi connectivity index (χ3n) is 3.60. The van der Waals surface area contributed by atoms with Crippen LogP contribution in [0.5, 0.6) is 0 Å². The molecule has 23 heavy (non-hydrogen) atoms. The number of fused-ring (bicyclic) bond motifs is 1. The summed E-state index contributed by atoms with van der Waals surface area (Å²) in [6.07, 6.45) is 2.48. The number of nitrogens with zero attached hydrogens (tertiary/aromatic N) is 4. The summed E-state index contributed by atoms with van der Waals surface area (Å²) in [5, 5.41) is 14.7. The molecule has 0 saturated carbocycles. The van der Waals surface area contributed by atoms with Crippen molar-refractivity contribution in [2.45, 2.75) is 19.8 Å². The molecule has 0 aliphatic heterocycles. The van der Waals surface area contributed by atoms with Crippen LogP contribution in [0.15, 0.2) is 30.5 Å². The zero-order valence-electron chi connectivity index (χ0n) is 12.6. The van der Waals surface area contributed by atoms with Gasteiger partial charge >= 0.3 is 0 Å². The molecule has 0 N–H and O–H groups in total. The summed E-state index contributed by atoms with van der Waals surface area (Å²) in [6, 6.07) is 8.97. The lowest BCUT2D eigenvalue weighted by Gasteiger charge is -2.06. The van der Waals surface area contributed by atoms with E-state index in [9.17, 15) is 4.79 Å². The summed E-state index contributed by atoms with van der Waals surface area (Å²) < 4.78 is 2.77. The van der Waals surface area contributed by atoms with Crippen LogP contribution in [-0.2, 0) is 0 Å². The molecule has 0 spiro atoms. The molecule has 0 atom stereocenters. The summed E-state index contributed by atoms with van der Waals surface area (Å²) in [7, 11) is 0. The Morgan fingerprint density at radius 2 is 2.13 bits per heavy atom. The minimum Gasteiger partial charge on any atom is -0.298 e. The van der Waals surface area contributed by atoms with Gasteiger partial charge in [-0.1, -0.05) is 13.8 Å². The minimum atomic E-state index is 0.231. The predicted octanol–water partition coefficient (Wildman–Crippen LogP) is 3.83. The average Bonchev–Trinajstić information content (AvgIpc) is 2.95. The Balaban J connectivity index is 2.36. The van der Waals surface area contributed by atoms with E-state index in [1.165, 1.54) is 0 Å². The summed E-state index contributed by atoms with van der Waals surface area (Å²) in [5.41, 5.74) is 3.15. The van der Waals surface area contributed by atoms with Gasteiger partial charge in [0, 0.05) is 15.3 Å². The highest BCUT2D eigenvalue weighted by atomic mass is 127. The molecule has 3 rings (SSSR count). The average molecular weight is 416 g/mol.